The van der Waals surface area contributed by atoms with Gasteiger partial charge < -0.3 is 28.8 Å². The van der Waals surface area contributed by atoms with Gasteiger partial charge in [0, 0.05) is 67.7 Å². The number of likely N-dealkylation sites (N-methyl/N-ethyl adjacent to an activating group) is 2. The Hall–Kier alpha value is -4.96. The molecule has 0 spiro atoms. The van der Waals surface area contributed by atoms with Crippen LogP contribution >= 0.6 is 0 Å². The first-order valence-corrected chi connectivity index (χ1v) is 15.2. The van der Waals surface area contributed by atoms with Crippen LogP contribution in [-0.2, 0) is 17.8 Å². The molecule has 5 aromatic rings. The predicted molar refractivity (Wildman–Crippen MR) is 179 cm³/mol. The summed E-state index contributed by atoms with van der Waals surface area (Å²) in [6, 6.07) is 10.4. The zero-order valence-corrected chi connectivity index (χ0v) is 26.5. The highest BCUT2D eigenvalue weighted by Gasteiger charge is 2.25. The Morgan fingerprint density at radius 3 is 2.78 bits per heavy atom. The van der Waals surface area contributed by atoms with Crippen LogP contribution in [0.25, 0.3) is 33.6 Å². The second kappa shape index (κ2) is 12.6. The quantitative estimate of drug-likeness (QED) is 0.164. The molecule has 0 bridgehead atoms. The Balaban J connectivity index is 1.46. The molecule has 2 aromatic carbocycles. The third-order valence-electron chi connectivity index (χ3n) is 8.52. The number of hydrogen-bond acceptors (Lipinski definition) is 9. The lowest BCUT2D eigenvalue weighted by molar-refractivity contribution is -0.115. The maximum atomic E-state index is 12.9. The van der Waals surface area contributed by atoms with E-state index < -0.39 is 5.92 Å². The molecule has 232 valence electrons. The number of methoxy groups -OCH3 is 1. The zero-order valence-electron chi connectivity index (χ0n) is 26.5. The lowest BCUT2D eigenvalue weighted by atomic mass is 9.93. The minimum Gasteiger partial charge on any atom is -0.494 e. The number of carbonyl (C=O) groups excluding carboxylic acids is 1. The Labute approximate surface area is 263 Å². The third-order valence-corrected chi connectivity index (χ3v) is 8.52. The molecule has 0 saturated heterocycles. The molecule has 45 heavy (non-hydrogen) atoms. The van der Waals surface area contributed by atoms with Gasteiger partial charge in [0.15, 0.2) is 5.78 Å². The summed E-state index contributed by atoms with van der Waals surface area (Å²) < 4.78 is 13.9. The van der Waals surface area contributed by atoms with Gasteiger partial charge in [-0.05, 0) is 50.2 Å². The van der Waals surface area contributed by atoms with Gasteiger partial charge in [0.05, 0.1) is 35.8 Å². The van der Waals surface area contributed by atoms with E-state index in [1.54, 1.807) is 25.8 Å². The molecule has 1 unspecified atom stereocenters. The number of ketones is 1. The molecule has 0 fully saturated rings. The number of hydrogen-bond donors (Lipinski definition) is 1. The molecule has 0 amide bonds. The highest BCUT2D eigenvalue weighted by Crippen LogP contribution is 2.41. The number of rotatable bonds is 12. The minimum atomic E-state index is -0.413. The largest absolute Gasteiger partial charge is 0.494 e. The minimum absolute atomic E-state index is 0.0599. The number of carbonyl (C=O) groups is 1. The number of nitrogens with zero attached hydrogens (tertiary/aromatic N) is 6. The molecular weight excluding hydrogens is 566 g/mol. The monoisotopic (exact) mass is 605 g/mol. The van der Waals surface area contributed by atoms with Gasteiger partial charge in [-0.25, -0.2) is 15.0 Å². The van der Waals surface area contributed by atoms with E-state index in [9.17, 15) is 4.79 Å². The van der Waals surface area contributed by atoms with E-state index in [2.05, 4.69) is 60.6 Å². The van der Waals surface area contributed by atoms with Crippen LogP contribution in [0.4, 0.5) is 17.3 Å². The third kappa shape index (κ3) is 5.81. The molecule has 4 heterocycles. The van der Waals surface area contributed by atoms with Gasteiger partial charge in [0.25, 0.3) is 0 Å². The molecule has 1 N–H and O–H groups in total. The van der Waals surface area contributed by atoms with E-state index >= 15 is 0 Å². The number of para-hydroxylation sites is 1. The fourth-order valence-electron chi connectivity index (χ4n) is 6.06. The Morgan fingerprint density at radius 1 is 1.20 bits per heavy atom. The van der Waals surface area contributed by atoms with Gasteiger partial charge in [-0.1, -0.05) is 31.7 Å². The molecule has 0 aliphatic carbocycles. The highest BCUT2D eigenvalue weighted by molar-refractivity contribution is 6.00. The first-order chi connectivity index (χ1) is 21.8. The average molecular weight is 606 g/mol. The number of oxazole rings is 1. The Bertz CT molecular complexity index is 1860. The van der Waals surface area contributed by atoms with Crippen LogP contribution in [0.15, 0.2) is 72.3 Å². The molecular formula is C35H39N7O3. The van der Waals surface area contributed by atoms with Crippen LogP contribution in [-0.4, -0.2) is 71.5 Å². The molecule has 10 heteroatoms. The van der Waals surface area contributed by atoms with Crippen molar-refractivity contribution in [3.63, 3.8) is 0 Å². The zero-order chi connectivity index (χ0) is 31.7. The average Bonchev–Trinajstić information content (AvgIpc) is 3.73. The second-order valence-corrected chi connectivity index (χ2v) is 11.7. The van der Waals surface area contributed by atoms with Crippen molar-refractivity contribution in [3.8, 4) is 28.5 Å². The number of aromatic nitrogens is 4. The standard InChI is InChI=1S/C35H39N7O3/c1-7-30(43)22(2)25-18-28(31(44-6)19-29(25)41(5)16-15-40(3)4)38-35-37-20-26(34-36-13-17-45-34)32(39-35)27-21-42-14-9-11-23-10-8-12-24(27)33(23)42/h7-8,10,12-13,17-22H,1,9,11,14-16H2,2-6H3,(H,37,38,39). The molecule has 0 saturated carbocycles. The molecule has 0 radical (unpaired) electrons. The molecule has 6 rings (SSSR count). The van der Waals surface area contributed by atoms with Crippen molar-refractivity contribution in [3.05, 3.63) is 79.0 Å². The van der Waals surface area contributed by atoms with Crippen molar-refractivity contribution in [1.29, 1.82) is 0 Å². The predicted octanol–water partition coefficient (Wildman–Crippen LogP) is 6.31. The van der Waals surface area contributed by atoms with Gasteiger partial charge in [0.2, 0.25) is 11.8 Å². The van der Waals surface area contributed by atoms with Crippen LogP contribution in [0.3, 0.4) is 0 Å². The summed E-state index contributed by atoms with van der Waals surface area (Å²) in [4.78, 5) is 31.3. The van der Waals surface area contributed by atoms with E-state index in [0.717, 1.165) is 54.7 Å². The van der Waals surface area contributed by atoms with Crippen molar-refractivity contribution >= 4 is 34.0 Å². The first kappa shape index (κ1) is 30.1. The summed E-state index contributed by atoms with van der Waals surface area (Å²) >= 11 is 0. The second-order valence-electron chi connectivity index (χ2n) is 11.7. The van der Waals surface area contributed by atoms with Crippen molar-refractivity contribution in [2.24, 2.45) is 0 Å². The van der Waals surface area contributed by atoms with Crippen LogP contribution < -0.4 is 15.0 Å². The Morgan fingerprint density at radius 2 is 2.04 bits per heavy atom. The van der Waals surface area contributed by atoms with E-state index in [1.807, 2.05) is 40.2 Å². The van der Waals surface area contributed by atoms with Crippen LogP contribution in [0, 0.1) is 0 Å². The summed E-state index contributed by atoms with van der Waals surface area (Å²) in [5.74, 6) is 0.968. The summed E-state index contributed by atoms with van der Waals surface area (Å²) in [6.07, 6.45) is 10.6. The summed E-state index contributed by atoms with van der Waals surface area (Å²) in [7, 11) is 7.74. The topological polar surface area (TPSA) is 102 Å². The SMILES string of the molecule is C=CC(=O)C(C)c1cc(Nc2ncc(-c3ncco3)c(-c3cn4c5c(cccc35)CCC4)n2)c(OC)cc1N(C)CCN(C)C. The summed E-state index contributed by atoms with van der Waals surface area (Å²) in [5, 5.41) is 4.53. The van der Waals surface area contributed by atoms with Crippen LogP contribution in [0.1, 0.15) is 30.4 Å². The number of aryl methyl sites for hydroxylation is 2. The van der Waals surface area contributed by atoms with Gasteiger partial charge >= 0.3 is 0 Å². The maximum absolute atomic E-state index is 12.9. The molecule has 1 atom stereocenters. The number of nitrogens with one attached hydrogen (secondary N) is 1. The van der Waals surface area contributed by atoms with Gasteiger partial charge in [-0.15, -0.1) is 0 Å². The van der Waals surface area contributed by atoms with Crippen molar-refractivity contribution in [2.75, 3.05) is 51.6 Å². The number of anilines is 3. The molecule has 1 aliphatic heterocycles. The molecule has 3 aromatic heterocycles. The maximum Gasteiger partial charge on any atom is 0.229 e. The number of allylic oxidation sites excluding steroid dienone is 1. The van der Waals surface area contributed by atoms with Crippen molar-refractivity contribution in [2.45, 2.75) is 32.2 Å². The van der Waals surface area contributed by atoms with Crippen molar-refractivity contribution < 1.29 is 13.9 Å². The number of ether oxygens (including phenoxy) is 1. The van der Waals surface area contributed by atoms with Gasteiger partial charge in [0.1, 0.15) is 12.0 Å². The van der Waals surface area contributed by atoms with E-state index in [-0.39, 0.29) is 5.78 Å². The Kier molecular flexibility index (Phi) is 8.40. The van der Waals surface area contributed by atoms with Gasteiger partial charge in [-0.2, -0.15) is 0 Å². The van der Waals surface area contributed by atoms with Crippen LogP contribution in [0.5, 0.6) is 5.75 Å². The smallest absolute Gasteiger partial charge is 0.229 e. The first-order valence-electron chi connectivity index (χ1n) is 15.2. The highest BCUT2D eigenvalue weighted by atomic mass is 16.5. The summed E-state index contributed by atoms with van der Waals surface area (Å²) in [6.45, 7) is 8.21. The lowest BCUT2D eigenvalue weighted by Crippen LogP contribution is -2.29. The summed E-state index contributed by atoms with van der Waals surface area (Å²) in [5.41, 5.74) is 7.41. The van der Waals surface area contributed by atoms with Crippen LogP contribution in [0.2, 0.25) is 0 Å². The van der Waals surface area contributed by atoms with E-state index in [1.165, 1.54) is 17.2 Å². The van der Waals surface area contributed by atoms with E-state index in [4.69, 9.17) is 14.1 Å². The van der Waals surface area contributed by atoms with Gasteiger partial charge in [-0.3, -0.25) is 4.79 Å². The fraction of sp³-hybridized carbons (Fsp3) is 0.314. The van der Waals surface area contributed by atoms with Crippen molar-refractivity contribution in [1.82, 2.24) is 24.4 Å². The van der Waals surface area contributed by atoms with E-state index in [0.29, 0.717) is 34.5 Å². The molecule has 1 aliphatic rings. The number of benzene rings is 2. The normalized spacial score (nSPS) is 13.2. The lowest BCUT2D eigenvalue weighted by Gasteiger charge is -2.27. The molecule has 10 nitrogen and oxygen atoms in total. The fourth-order valence-corrected chi connectivity index (χ4v) is 6.06.